The zero-order chi connectivity index (χ0) is 12.0. The molecule has 0 aromatic heterocycles. The van der Waals surface area contributed by atoms with E-state index < -0.39 is 6.10 Å². The van der Waals surface area contributed by atoms with E-state index in [1.165, 1.54) is 32.1 Å². The highest BCUT2D eigenvalue weighted by Gasteiger charge is 2.21. The van der Waals surface area contributed by atoms with Crippen molar-refractivity contribution in [2.45, 2.75) is 63.5 Å². The average molecular weight is 228 g/mol. The summed E-state index contributed by atoms with van der Waals surface area (Å²) in [6.07, 6.45) is 7.27. The van der Waals surface area contributed by atoms with E-state index in [2.05, 4.69) is 0 Å². The maximum Gasteiger partial charge on any atom is 0.217 e. The quantitative estimate of drug-likeness (QED) is 0.631. The van der Waals surface area contributed by atoms with Crippen molar-refractivity contribution >= 4 is 5.91 Å². The molecule has 4 heteroatoms. The summed E-state index contributed by atoms with van der Waals surface area (Å²) in [6, 6.07) is -0.206. The standard InChI is InChI=1S/C12H24N2O2/c13-10(11(15)6-7-12(14)16)8-9-4-2-1-3-5-9/h9-11,15H,1-8,13H2,(H2,14,16). The minimum Gasteiger partial charge on any atom is -0.391 e. The maximum absolute atomic E-state index is 10.6. The Bertz CT molecular complexity index is 215. The summed E-state index contributed by atoms with van der Waals surface area (Å²) in [7, 11) is 0. The number of aliphatic hydroxyl groups is 1. The lowest BCUT2D eigenvalue weighted by atomic mass is 9.83. The molecule has 0 aromatic carbocycles. The molecule has 16 heavy (non-hydrogen) atoms. The normalized spacial score (nSPS) is 21.6. The molecule has 1 aliphatic rings. The largest absolute Gasteiger partial charge is 0.391 e. The van der Waals surface area contributed by atoms with Crippen LogP contribution in [0.3, 0.4) is 0 Å². The van der Waals surface area contributed by atoms with E-state index in [-0.39, 0.29) is 18.4 Å². The van der Waals surface area contributed by atoms with Crippen LogP contribution in [0.15, 0.2) is 0 Å². The van der Waals surface area contributed by atoms with Crippen LogP contribution in [0.1, 0.15) is 51.4 Å². The molecule has 1 fully saturated rings. The van der Waals surface area contributed by atoms with Gasteiger partial charge in [0.15, 0.2) is 0 Å². The van der Waals surface area contributed by atoms with E-state index in [0.29, 0.717) is 12.3 Å². The molecule has 4 nitrogen and oxygen atoms in total. The maximum atomic E-state index is 10.6. The molecule has 0 bridgehead atoms. The number of carbonyl (C=O) groups excluding carboxylic acids is 1. The topological polar surface area (TPSA) is 89.3 Å². The molecular weight excluding hydrogens is 204 g/mol. The highest BCUT2D eigenvalue weighted by Crippen LogP contribution is 2.27. The molecule has 0 heterocycles. The van der Waals surface area contributed by atoms with Gasteiger partial charge in [-0.05, 0) is 18.8 Å². The first-order valence-electron chi connectivity index (χ1n) is 6.31. The van der Waals surface area contributed by atoms with Crippen LogP contribution in [0.4, 0.5) is 0 Å². The van der Waals surface area contributed by atoms with Crippen molar-refractivity contribution in [1.29, 1.82) is 0 Å². The van der Waals surface area contributed by atoms with E-state index in [9.17, 15) is 9.90 Å². The molecule has 2 unspecified atom stereocenters. The van der Waals surface area contributed by atoms with E-state index in [0.717, 1.165) is 6.42 Å². The summed E-state index contributed by atoms with van der Waals surface area (Å²) >= 11 is 0. The van der Waals surface area contributed by atoms with Crippen LogP contribution in [0.25, 0.3) is 0 Å². The van der Waals surface area contributed by atoms with Crippen molar-refractivity contribution in [2.24, 2.45) is 17.4 Å². The van der Waals surface area contributed by atoms with E-state index in [4.69, 9.17) is 11.5 Å². The Hall–Kier alpha value is -0.610. The second-order valence-electron chi connectivity index (χ2n) is 4.98. The van der Waals surface area contributed by atoms with E-state index in [1.807, 2.05) is 0 Å². The molecule has 0 radical (unpaired) electrons. The number of primary amides is 1. The van der Waals surface area contributed by atoms with Crippen LogP contribution in [0, 0.1) is 5.92 Å². The smallest absolute Gasteiger partial charge is 0.217 e. The molecule has 94 valence electrons. The van der Waals surface area contributed by atoms with Crippen LogP contribution in [0.2, 0.25) is 0 Å². The minimum atomic E-state index is -0.588. The van der Waals surface area contributed by atoms with E-state index in [1.54, 1.807) is 0 Å². The Morgan fingerprint density at radius 2 is 1.94 bits per heavy atom. The molecule has 1 amide bonds. The first-order valence-corrected chi connectivity index (χ1v) is 6.31. The van der Waals surface area contributed by atoms with Crippen molar-refractivity contribution in [3.05, 3.63) is 0 Å². The van der Waals surface area contributed by atoms with Crippen molar-refractivity contribution < 1.29 is 9.90 Å². The predicted molar refractivity (Wildman–Crippen MR) is 63.6 cm³/mol. The van der Waals surface area contributed by atoms with Crippen molar-refractivity contribution in [1.82, 2.24) is 0 Å². The van der Waals surface area contributed by atoms with Gasteiger partial charge in [-0.2, -0.15) is 0 Å². The Morgan fingerprint density at radius 1 is 1.31 bits per heavy atom. The van der Waals surface area contributed by atoms with Crippen molar-refractivity contribution in [2.75, 3.05) is 0 Å². The van der Waals surface area contributed by atoms with E-state index >= 15 is 0 Å². The van der Waals surface area contributed by atoms with Crippen LogP contribution in [-0.4, -0.2) is 23.2 Å². The first-order chi connectivity index (χ1) is 7.59. The molecule has 0 aliphatic heterocycles. The molecule has 0 aromatic rings. The van der Waals surface area contributed by atoms with Gasteiger partial charge in [0.25, 0.3) is 0 Å². The lowest BCUT2D eigenvalue weighted by Gasteiger charge is -2.26. The zero-order valence-corrected chi connectivity index (χ0v) is 9.90. The van der Waals surface area contributed by atoms with Crippen LogP contribution in [0.5, 0.6) is 0 Å². The summed E-state index contributed by atoms with van der Waals surface area (Å²) in [6.45, 7) is 0. The highest BCUT2D eigenvalue weighted by molar-refractivity contribution is 5.73. The van der Waals surface area contributed by atoms with Gasteiger partial charge in [0, 0.05) is 12.5 Å². The van der Waals surface area contributed by atoms with Crippen LogP contribution < -0.4 is 11.5 Å². The second kappa shape index (κ2) is 6.86. The van der Waals surface area contributed by atoms with Gasteiger partial charge in [0.05, 0.1) is 6.10 Å². The van der Waals surface area contributed by atoms with Gasteiger partial charge in [-0.3, -0.25) is 4.79 Å². The molecule has 0 spiro atoms. The Morgan fingerprint density at radius 3 is 2.50 bits per heavy atom. The van der Waals surface area contributed by atoms with Gasteiger partial charge < -0.3 is 16.6 Å². The number of rotatable bonds is 6. The number of hydrogen-bond donors (Lipinski definition) is 3. The second-order valence-corrected chi connectivity index (χ2v) is 4.98. The number of carbonyl (C=O) groups is 1. The molecule has 1 saturated carbocycles. The average Bonchev–Trinajstić information content (AvgIpc) is 2.27. The number of amides is 1. The summed E-state index contributed by atoms with van der Waals surface area (Å²) in [4.78, 5) is 10.6. The van der Waals surface area contributed by atoms with Gasteiger partial charge in [0.1, 0.15) is 0 Å². The zero-order valence-electron chi connectivity index (χ0n) is 9.90. The molecule has 2 atom stereocenters. The fourth-order valence-corrected chi connectivity index (χ4v) is 2.47. The molecular formula is C12H24N2O2. The minimum absolute atomic E-state index is 0.206. The monoisotopic (exact) mass is 228 g/mol. The lowest BCUT2D eigenvalue weighted by molar-refractivity contribution is -0.118. The summed E-state index contributed by atoms with van der Waals surface area (Å²) < 4.78 is 0. The Labute approximate surface area is 97.4 Å². The fraction of sp³-hybridized carbons (Fsp3) is 0.917. The van der Waals surface area contributed by atoms with Gasteiger partial charge in [-0.15, -0.1) is 0 Å². The Kier molecular flexibility index (Phi) is 5.77. The predicted octanol–water partition coefficient (Wildman–Crippen LogP) is 0.910. The molecule has 0 saturated heterocycles. The molecule has 1 rings (SSSR count). The Balaban J connectivity index is 2.21. The number of hydrogen-bond acceptors (Lipinski definition) is 3. The van der Waals surface area contributed by atoms with Gasteiger partial charge in [-0.25, -0.2) is 0 Å². The van der Waals surface area contributed by atoms with Crippen LogP contribution >= 0.6 is 0 Å². The SMILES string of the molecule is NC(=O)CCC(O)C(N)CC1CCCCC1. The van der Waals surface area contributed by atoms with Gasteiger partial charge in [-0.1, -0.05) is 32.1 Å². The molecule has 5 N–H and O–H groups in total. The van der Waals surface area contributed by atoms with Crippen molar-refractivity contribution in [3.63, 3.8) is 0 Å². The lowest BCUT2D eigenvalue weighted by Crippen LogP contribution is -2.37. The summed E-state index contributed by atoms with van der Waals surface area (Å²) in [5.74, 6) is 0.288. The molecule has 1 aliphatic carbocycles. The third kappa shape index (κ3) is 4.94. The van der Waals surface area contributed by atoms with Crippen LogP contribution in [-0.2, 0) is 4.79 Å². The third-order valence-corrected chi connectivity index (χ3v) is 3.51. The highest BCUT2D eigenvalue weighted by atomic mass is 16.3. The third-order valence-electron chi connectivity index (χ3n) is 3.51. The number of nitrogens with two attached hydrogens (primary N) is 2. The fourth-order valence-electron chi connectivity index (χ4n) is 2.47. The first kappa shape index (κ1) is 13.5. The number of aliphatic hydroxyl groups excluding tert-OH is 1. The van der Waals surface area contributed by atoms with Gasteiger partial charge >= 0.3 is 0 Å². The van der Waals surface area contributed by atoms with Gasteiger partial charge in [0.2, 0.25) is 5.91 Å². The summed E-state index contributed by atoms with van der Waals surface area (Å²) in [5, 5.41) is 9.76. The van der Waals surface area contributed by atoms with Crippen molar-refractivity contribution in [3.8, 4) is 0 Å². The summed E-state index contributed by atoms with van der Waals surface area (Å²) in [5.41, 5.74) is 11.0.